The van der Waals surface area contributed by atoms with E-state index in [0.717, 1.165) is 25.7 Å². The van der Waals surface area contributed by atoms with E-state index in [1.54, 1.807) is 0 Å². The van der Waals surface area contributed by atoms with Crippen LogP contribution in [0, 0.1) is 0 Å². The second-order valence-corrected chi connectivity index (χ2v) is 5.79. The van der Waals surface area contributed by atoms with Crippen LogP contribution < -0.4 is 5.32 Å². The van der Waals surface area contributed by atoms with Crippen LogP contribution in [0.4, 0.5) is 0 Å². The van der Waals surface area contributed by atoms with Crippen molar-refractivity contribution in [1.29, 1.82) is 0 Å². The van der Waals surface area contributed by atoms with Crippen molar-refractivity contribution < 1.29 is 0 Å². The average Bonchev–Trinajstić information content (AvgIpc) is 2.96. The van der Waals surface area contributed by atoms with Gasteiger partial charge in [0.25, 0.3) is 0 Å². The van der Waals surface area contributed by atoms with Crippen LogP contribution in [0.2, 0.25) is 0 Å². The van der Waals surface area contributed by atoms with Gasteiger partial charge in [-0.3, -0.25) is 4.90 Å². The van der Waals surface area contributed by atoms with E-state index in [2.05, 4.69) is 54.4 Å². The molecule has 1 aliphatic rings. The minimum atomic E-state index is 0.603. The van der Waals surface area contributed by atoms with Gasteiger partial charge < -0.3 is 5.32 Å². The third kappa shape index (κ3) is 4.63. The Labute approximate surface area is 118 Å². The van der Waals surface area contributed by atoms with Crippen molar-refractivity contribution >= 4 is 0 Å². The maximum atomic E-state index is 3.74. The molecule has 1 unspecified atom stereocenters. The molecule has 19 heavy (non-hydrogen) atoms. The lowest BCUT2D eigenvalue weighted by atomic mass is 10.1. The quantitative estimate of drug-likeness (QED) is 0.808. The molecule has 0 aromatic heterocycles. The van der Waals surface area contributed by atoms with Gasteiger partial charge in [-0.05, 0) is 31.9 Å². The van der Waals surface area contributed by atoms with Gasteiger partial charge in [0.05, 0.1) is 0 Å². The summed E-state index contributed by atoms with van der Waals surface area (Å²) in [6.07, 6.45) is 5.57. The van der Waals surface area contributed by atoms with Gasteiger partial charge in [0.1, 0.15) is 0 Å². The SMILES string of the molecule is CCN(Cc1ccccc1)C(C)CNC1CCCC1. The lowest BCUT2D eigenvalue weighted by molar-refractivity contribution is 0.202. The molecule has 0 bridgehead atoms. The zero-order valence-electron chi connectivity index (χ0n) is 12.4. The molecule has 1 fully saturated rings. The Morgan fingerprint density at radius 3 is 2.53 bits per heavy atom. The van der Waals surface area contributed by atoms with Gasteiger partial charge in [0, 0.05) is 25.2 Å². The zero-order chi connectivity index (χ0) is 13.5. The van der Waals surface area contributed by atoms with E-state index < -0.39 is 0 Å². The molecular weight excluding hydrogens is 232 g/mol. The molecule has 1 aromatic carbocycles. The normalized spacial score (nSPS) is 18.1. The second-order valence-electron chi connectivity index (χ2n) is 5.79. The summed E-state index contributed by atoms with van der Waals surface area (Å²) < 4.78 is 0. The lowest BCUT2D eigenvalue weighted by Gasteiger charge is -2.29. The van der Waals surface area contributed by atoms with Crippen molar-refractivity contribution in [1.82, 2.24) is 10.2 Å². The highest BCUT2D eigenvalue weighted by molar-refractivity contribution is 5.14. The first-order valence-corrected chi connectivity index (χ1v) is 7.81. The highest BCUT2D eigenvalue weighted by Gasteiger charge is 2.17. The number of nitrogens with zero attached hydrogens (tertiary/aromatic N) is 1. The minimum Gasteiger partial charge on any atom is -0.312 e. The first-order chi connectivity index (χ1) is 9.29. The largest absolute Gasteiger partial charge is 0.312 e. The van der Waals surface area contributed by atoms with Crippen LogP contribution >= 0.6 is 0 Å². The summed E-state index contributed by atoms with van der Waals surface area (Å²) in [5, 5.41) is 3.74. The van der Waals surface area contributed by atoms with Gasteiger partial charge in [-0.15, -0.1) is 0 Å². The van der Waals surface area contributed by atoms with Crippen molar-refractivity contribution in [2.45, 2.75) is 58.2 Å². The van der Waals surface area contributed by atoms with Crippen LogP contribution in [0.3, 0.4) is 0 Å². The van der Waals surface area contributed by atoms with E-state index in [4.69, 9.17) is 0 Å². The van der Waals surface area contributed by atoms with E-state index in [1.807, 2.05) is 0 Å². The molecular formula is C17H28N2. The number of rotatable bonds is 7. The summed E-state index contributed by atoms with van der Waals surface area (Å²) >= 11 is 0. The Morgan fingerprint density at radius 1 is 1.21 bits per heavy atom. The predicted molar refractivity (Wildman–Crippen MR) is 82.2 cm³/mol. The molecule has 0 radical (unpaired) electrons. The zero-order valence-corrected chi connectivity index (χ0v) is 12.4. The smallest absolute Gasteiger partial charge is 0.0236 e. The third-order valence-electron chi connectivity index (χ3n) is 4.32. The van der Waals surface area contributed by atoms with E-state index in [-0.39, 0.29) is 0 Å². The Hall–Kier alpha value is -0.860. The van der Waals surface area contributed by atoms with Crippen molar-refractivity contribution in [3.63, 3.8) is 0 Å². The average molecular weight is 260 g/mol. The maximum absolute atomic E-state index is 3.74. The van der Waals surface area contributed by atoms with Gasteiger partial charge >= 0.3 is 0 Å². The van der Waals surface area contributed by atoms with Crippen molar-refractivity contribution in [3.8, 4) is 0 Å². The molecule has 1 saturated carbocycles. The molecule has 0 aliphatic heterocycles. The molecule has 0 amide bonds. The Bertz CT molecular complexity index is 344. The molecule has 106 valence electrons. The van der Waals surface area contributed by atoms with Crippen molar-refractivity contribution in [3.05, 3.63) is 35.9 Å². The number of hydrogen-bond donors (Lipinski definition) is 1. The molecule has 0 saturated heterocycles. The van der Waals surface area contributed by atoms with E-state index in [9.17, 15) is 0 Å². The van der Waals surface area contributed by atoms with Crippen LogP contribution in [0.25, 0.3) is 0 Å². The maximum Gasteiger partial charge on any atom is 0.0236 e. The molecule has 1 aromatic rings. The summed E-state index contributed by atoms with van der Waals surface area (Å²) in [5.74, 6) is 0. The Morgan fingerprint density at radius 2 is 1.89 bits per heavy atom. The van der Waals surface area contributed by atoms with Crippen LogP contribution in [0.15, 0.2) is 30.3 Å². The fourth-order valence-corrected chi connectivity index (χ4v) is 2.99. The molecule has 2 heteroatoms. The highest BCUT2D eigenvalue weighted by Crippen LogP contribution is 2.17. The molecule has 1 N–H and O–H groups in total. The number of hydrogen-bond acceptors (Lipinski definition) is 2. The first kappa shape index (κ1) is 14.5. The topological polar surface area (TPSA) is 15.3 Å². The molecule has 1 aliphatic carbocycles. The molecule has 2 nitrogen and oxygen atoms in total. The monoisotopic (exact) mass is 260 g/mol. The van der Waals surface area contributed by atoms with Crippen LogP contribution in [0.5, 0.6) is 0 Å². The van der Waals surface area contributed by atoms with Gasteiger partial charge in [-0.25, -0.2) is 0 Å². The van der Waals surface area contributed by atoms with Crippen LogP contribution in [-0.4, -0.2) is 30.1 Å². The summed E-state index contributed by atoms with van der Waals surface area (Å²) in [6.45, 7) is 7.89. The summed E-state index contributed by atoms with van der Waals surface area (Å²) in [4.78, 5) is 2.55. The number of likely N-dealkylation sites (N-methyl/N-ethyl adjacent to an activating group) is 1. The molecule has 0 spiro atoms. The first-order valence-electron chi connectivity index (χ1n) is 7.81. The van der Waals surface area contributed by atoms with Gasteiger partial charge in [0.15, 0.2) is 0 Å². The number of nitrogens with one attached hydrogen (secondary N) is 1. The highest BCUT2D eigenvalue weighted by atomic mass is 15.2. The van der Waals surface area contributed by atoms with E-state index >= 15 is 0 Å². The summed E-state index contributed by atoms with van der Waals surface area (Å²) in [6, 6.07) is 12.2. The predicted octanol–water partition coefficient (Wildman–Crippen LogP) is 3.43. The standard InChI is InChI=1S/C17H28N2/c1-3-19(14-16-9-5-4-6-10-16)15(2)13-18-17-11-7-8-12-17/h4-6,9-10,15,17-18H,3,7-8,11-14H2,1-2H3. The Kier molecular flexibility index (Phi) is 5.87. The van der Waals surface area contributed by atoms with Crippen LogP contribution in [-0.2, 0) is 6.54 Å². The van der Waals surface area contributed by atoms with Gasteiger partial charge in [0.2, 0.25) is 0 Å². The summed E-state index contributed by atoms with van der Waals surface area (Å²) in [5.41, 5.74) is 1.41. The van der Waals surface area contributed by atoms with Crippen LogP contribution in [0.1, 0.15) is 45.1 Å². The minimum absolute atomic E-state index is 0.603. The lowest BCUT2D eigenvalue weighted by Crippen LogP contribution is -2.42. The molecule has 2 rings (SSSR count). The second kappa shape index (κ2) is 7.66. The van der Waals surface area contributed by atoms with E-state index in [1.165, 1.54) is 31.2 Å². The van der Waals surface area contributed by atoms with Gasteiger partial charge in [-0.2, -0.15) is 0 Å². The molecule has 0 heterocycles. The van der Waals surface area contributed by atoms with Crippen molar-refractivity contribution in [2.75, 3.05) is 13.1 Å². The number of benzene rings is 1. The molecule has 1 atom stereocenters. The van der Waals surface area contributed by atoms with E-state index in [0.29, 0.717) is 6.04 Å². The third-order valence-corrected chi connectivity index (χ3v) is 4.32. The summed E-state index contributed by atoms with van der Waals surface area (Å²) in [7, 11) is 0. The van der Waals surface area contributed by atoms with Crippen molar-refractivity contribution in [2.24, 2.45) is 0 Å². The fraction of sp³-hybridized carbons (Fsp3) is 0.647. The Balaban J connectivity index is 1.79. The van der Waals surface area contributed by atoms with Gasteiger partial charge in [-0.1, -0.05) is 50.1 Å². The fourth-order valence-electron chi connectivity index (χ4n) is 2.99.